The van der Waals surface area contributed by atoms with Crippen molar-refractivity contribution in [3.05, 3.63) is 126 Å². The summed E-state index contributed by atoms with van der Waals surface area (Å²) in [7, 11) is 0. The van der Waals surface area contributed by atoms with Gasteiger partial charge in [0.25, 0.3) is 0 Å². The fourth-order valence-electron chi connectivity index (χ4n) is 4.48. The summed E-state index contributed by atoms with van der Waals surface area (Å²) < 4.78 is 10.5. The Labute approximate surface area is 250 Å². The van der Waals surface area contributed by atoms with E-state index < -0.39 is 0 Å². The summed E-state index contributed by atoms with van der Waals surface area (Å²) in [6, 6.07) is 22.3. The van der Waals surface area contributed by atoms with Gasteiger partial charge in [-0.15, -0.1) is 0 Å². The molecule has 0 aliphatic carbocycles. The molecule has 0 saturated heterocycles. The molecule has 3 aromatic rings. The van der Waals surface area contributed by atoms with Gasteiger partial charge in [0.1, 0.15) is 13.2 Å². The molecular formula is C36H38N4O2. The van der Waals surface area contributed by atoms with E-state index in [4.69, 9.17) is 16.0 Å². The van der Waals surface area contributed by atoms with E-state index in [1.807, 2.05) is 48.6 Å². The minimum Gasteiger partial charge on any atom is -0.500 e. The van der Waals surface area contributed by atoms with Gasteiger partial charge in [-0.2, -0.15) is 5.26 Å². The largest absolute Gasteiger partial charge is 0.500 e. The van der Waals surface area contributed by atoms with E-state index >= 15 is 0 Å². The number of likely N-dealkylation sites (N-methyl/N-ethyl adjacent to an activating group) is 2. The van der Waals surface area contributed by atoms with Crippen LogP contribution in [0.3, 0.4) is 0 Å². The van der Waals surface area contributed by atoms with E-state index in [0.29, 0.717) is 35.6 Å². The second-order valence-electron chi connectivity index (χ2n) is 9.31. The first-order valence-electron chi connectivity index (χ1n) is 14.0. The predicted octanol–water partition coefficient (Wildman–Crippen LogP) is 8.42. The lowest BCUT2D eigenvalue weighted by Gasteiger charge is -2.22. The lowest BCUT2D eigenvalue weighted by Crippen LogP contribution is -2.26. The Morgan fingerprint density at radius 3 is 1.64 bits per heavy atom. The van der Waals surface area contributed by atoms with Crippen molar-refractivity contribution in [3.63, 3.8) is 0 Å². The van der Waals surface area contributed by atoms with Crippen LogP contribution in [0.15, 0.2) is 86.3 Å². The molecule has 0 saturated carbocycles. The summed E-state index contributed by atoms with van der Waals surface area (Å²) in [5, 5.41) is 9.86. The molecule has 0 radical (unpaired) electrons. The zero-order valence-electron chi connectivity index (χ0n) is 24.5. The maximum atomic E-state index is 9.86. The van der Waals surface area contributed by atoms with Crippen molar-refractivity contribution in [3.8, 4) is 6.07 Å². The van der Waals surface area contributed by atoms with Crippen molar-refractivity contribution in [1.82, 2.24) is 0 Å². The monoisotopic (exact) mass is 558 g/mol. The Morgan fingerprint density at radius 2 is 1.24 bits per heavy atom. The van der Waals surface area contributed by atoms with E-state index in [2.05, 4.69) is 72.0 Å². The third-order valence-electron chi connectivity index (χ3n) is 6.82. The minimum atomic E-state index is 0.497. The predicted molar refractivity (Wildman–Crippen MR) is 176 cm³/mol. The fourth-order valence-corrected chi connectivity index (χ4v) is 4.48. The highest BCUT2D eigenvalue weighted by atomic mass is 16.5. The van der Waals surface area contributed by atoms with Gasteiger partial charge in [0.15, 0.2) is 5.69 Å². The van der Waals surface area contributed by atoms with E-state index in [0.717, 1.165) is 48.7 Å². The fraction of sp³-hybridized carbons (Fsp3) is 0.222. The van der Waals surface area contributed by atoms with Crippen LogP contribution in [0.4, 0.5) is 17.1 Å². The van der Waals surface area contributed by atoms with Crippen LogP contribution >= 0.6 is 0 Å². The Morgan fingerprint density at radius 1 is 0.762 bits per heavy atom. The van der Waals surface area contributed by atoms with Crippen molar-refractivity contribution in [2.45, 2.75) is 13.8 Å². The number of hydrogen-bond acceptors (Lipinski definition) is 5. The Kier molecular flexibility index (Phi) is 12.5. The third-order valence-corrected chi connectivity index (χ3v) is 6.82. The lowest BCUT2D eigenvalue weighted by atomic mass is 10.0. The van der Waals surface area contributed by atoms with Gasteiger partial charge < -0.3 is 19.3 Å². The van der Waals surface area contributed by atoms with Gasteiger partial charge in [-0.05, 0) is 72.5 Å². The molecule has 0 fully saturated rings. The lowest BCUT2D eigenvalue weighted by molar-refractivity contribution is 0.258. The third kappa shape index (κ3) is 8.91. The molecule has 0 aliphatic rings. The summed E-state index contributed by atoms with van der Waals surface area (Å²) in [5.74, 6) is 0. The average Bonchev–Trinajstić information content (AvgIpc) is 3.03. The zero-order valence-corrected chi connectivity index (χ0v) is 24.5. The zero-order chi connectivity index (χ0) is 30.2. The quantitative estimate of drug-likeness (QED) is 0.0764. The van der Waals surface area contributed by atoms with Crippen LogP contribution in [-0.2, 0) is 9.47 Å². The first-order chi connectivity index (χ1) is 20.6. The van der Waals surface area contributed by atoms with Crippen LogP contribution in [0.2, 0.25) is 0 Å². The Hall–Kier alpha value is -5.20. The van der Waals surface area contributed by atoms with Gasteiger partial charge >= 0.3 is 0 Å². The van der Waals surface area contributed by atoms with Crippen molar-refractivity contribution in [1.29, 1.82) is 5.26 Å². The summed E-state index contributed by atoms with van der Waals surface area (Å²) in [6.07, 6.45) is 10.6. The Balaban J connectivity index is 1.75. The summed E-state index contributed by atoms with van der Waals surface area (Å²) in [6.45, 7) is 23.6. The topological polar surface area (TPSA) is 53.1 Å². The number of nitriles is 1. The van der Waals surface area contributed by atoms with Gasteiger partial charge in [0.2, 0.25) is 0 Å². The first kappa shape index (κ1) is 31.3. The number of nitrogens with zero attached hydrogens (tertiary/aromatic N) is 4. The van der Waals surface area contributed by atoms with Crippen LogP contribution in [-0.4, -0.2) is 39.4 Å². The molecule has 0 bridgehead atoms. The molecule has 0 aromatic heterocycles. The van der Waals surface area contributed by atoms with Crippen LogP contribution in [0.5, 0.6) is 0 Å². The standard InChI is InChI=1S/C36H38N4O2/c1-6-39(22-24-41-8-3)34-18-12-29(13-19-34)10-16-31-27-36(38-5)32(26-33(31)28-37)17-11-30-14-20-35(21-15-30)40(7-2)23-25-42-9-4/h8-21,26-27H,3-4,6-7,22-25H2,1-2H3/b16-10+,17-11+. The maximum absolute atomic E-state index is 9.86. The molecular weight excluding hydrogens is 520 g/mol. The summed E-state index contributed by atoms with van der Waals surface area (Å²) in [5.41, 5.74) is 6.68. The summed E-state index contributed by atoms with van der Waals surface area (Å²) in [4.78, 5) is 8.20. The van der Waals surface area contributed by atoms with Gasteiger partial charge in [-0.25, -0.2) is 4.85 Å². The van der Waals surface area contributed by atoms with Crippen LogP contribution < -0.4 is 9.80 Å². The van der Waals surface area contributed by atoms with Gasteiger partial charge in [-0.3, -0.25) is 0 Å². The molecule has 0 amide bonds. The molecule has 3 aromatic carbocycles. The molecule has 0 atom stereocenters. The maximum Gasteiger partial charge on any atom is 0.194 e. The second-order valence-corrected chi connectivity index (χ2v) is 9.31. The number of benzene rings is 3. The molecule has 0 N–H and O–H groups in total. The SMILES string of the molecule is [C-]#[N+]c1cc(/C=C/c2ccc(N(CC)CCOC=C)cc2)c(C#N)cc1/C=C/c1ccc(N(CC)CCOC=C)cc1. The average molecular weight is 559 g/mol. The molecule has 0 unspecified atom stereocenters. The van der Waals surface area contributed by atoms with Crippen molar-refractivity contribution >= 4 is 41.4 Å². The molecule has 0 spiro atoms. The highest BCUT2D eigenvalue weighted by molar-refractivity contribution is 5.83. The minimum absolute atomic E-state index is 0.497. The van der Waals surface area contributed by atoms with Crippen LogP contribution in [0.1, 0.15) is 41.7 Å². The summed E-state index contributed by atoms with van der Waals surface area (Å²) >= 11 is 0. The first-order valence-corrected chi connectivity index (χ1v) is 14.0. The molecule has 42 heavy (non-hydrogen) atoms. The molecule has 6 nitrogen and oxygen atoms in total. The van der Waals surface area contributed by atoms with Gasteiger partial charge in [-0.1, -0.05) is 61.7 Å². The smallest absolute Gasteiger partial charge is 0.194 e. The highest BCUT2D eigenvalue weighted by Gasteiger charge is 2.08. The molecule has 6 heteroatoms. The molecule has 0 heterocycles. The number of hydrogen-bond donors (Lipinski definition) is 0. The molecule has 0 aliphatic heterocycles. The van der Waals surface area contributed by atoms with E-state index in [1.54, 1.807) is 12.1 Å². The van der Waals surface area contributed by atoms with Crippen molar-refractivity contribution in [2.24, 2.45) is 0 Å². The molecule has 3 rings (SSSR count). The van der Waals surface area contributed by atoms with E-state index in [9.17, 15) is 5.26 Å². The number of ether oxygens (including phenoxy) is 2. The highest BCUT2D eigenvalue weighted by Crippen LogP contribution is 2.28. The second kappa shape index (κ2) is 16.8. The molecule has 214 valence electrons. The van der Waals surface area contributed by atoms with Crippen molar-refractivity contribution < 1.29 is 9.47 Å². The van der Waals surface area contributed by atoms with Gasteiger partial charge in [0, 0.05) is 24.5 Å². The number of anilines is 2. The normalized spacial score (nSPS) is 10.7. The van der Waals surface area contributed by atoms with Crippen LogP contribution in [0.25, 0.3) is 29.1 Å². The van der Waals surface area contributed by atoms with Crippen LogP contribution in [0, 0.1) is 17.9 Å². The number of rotatable bonds is 16. The Bertz CT molecular complexity index is 1350. The van der Waals surface area contributed by atoms with Crippen molar-refractivity contribution in [2.75, 3.05) is 49.2 Å². The van der Waals surface area contributed by atoms with E-state index in [1.165, 1.54) is 12.5 Å². The van der Waals surface area contributed by atoms with Gasteiger partial charge in [0.05, 0.1) is 43.8 Å². The van der Waals surface area contributed by atoms with E-state index in [-0.39, 0.29) is 0 Å².